The van der Waals surface area contributed by atoms with Crippen molar-refractivity contribution in [3.8, 4) is 11.3 Å². The largest absolute Gasteiger partial charge is 0.438 e. The second kappa shape index (κ2) is 7.32. The minimum Gasteiger partial charge on any atom is -0.438 e. The highest BCUT2D eigenvalue weighted by atomic mass is 16.5. The molecule has 3 rings (SSSR count). The lowest BCUT2D eigenvalue weighted by Crippen LogP contribution is -2.07. The van der Waals surface area contributed by atoms with Crippen molar-refractivity contribution < 1.29 is 9.15 Å². The molecule has 124 valence electrons. The zero-order chi connectivity index (χ0) is 16.9. The molecule has 1 N–H and O–H groups in total. The first kappa shape index (κ1) is 16.3. The standard InChI is InChI=1S/C20H22N2O2/c1-14(22-18-11-7-10-17(12-18)15(2)23-3)20-21-13-19(24-20)16-8-5-4-6-9-16/h4-15,22H,1-3H3/t14-,15-/m1/s1. The van der Waals surface area contributed by atoms with Crippen LogP contribution in [0.2, 0.25) is 0 Å². The fourth-order valence-electron chi connectivity index (χ4n) is 2.55. The van der Waals surface area contributed by atoms with Gasteiger partial charge in [0.25, 0.3) is 0 Å². The number of nitrogens with zero attached hydrogens (tertiary/aromatic N) is 1. The number of benzene rings is 2. The van der Waals surface area contributed by atoms with Gasteiger partial charge in [0, 0.05) is 18.4 Å². The number of rotatable bonds is 6. The highest BCUT2D eigenvalue weighted by Gasteiger charge is 2.14. The highest BCUT2D eigenvalue weighted by molar-refractivity contribution is 5.56. The predicted octanol–water partition coefficient (Wildman–Crippen LogP) is 5.22. The lowest BCUT2D eigenvalue weighted by Gasteiger charge is -2.15. The molecule has 0 bridgehead atoms. The molecule has 4 nitrogen and oxygen atoms in total. The van der Waals surface area contributed by atoms with E-state index in [9.17, 15) is 0 Å². The molecule has 4 heteroatoms. The molecule has 1 aromatic heterocycles. The maximum Gasteiger partial charge on any atom is 0.217 e. The lowest BCUT2D eigenvalue weighted by molar-refractivity contribution is 0.119. The molecule has 0 saturated carbocycles. The second-order valence-electron chi connectivity index (χ2n) is 5.80. The number of aromatic nitrogens is 1. The Morgan fingerprint density at radius 2 is 1.83 bits per heavy atom. The molecule has 0 aliphatic heterocycles. The van der Waals surface area contributed by atoms with E-state index in [0.29, 0.717) is 5.89 Å². The summed E-state index contributed by atoms with van der Waals surface area (Å²) in [6, 6.07) is 18.1. The third-order valence-electron chi connectivity index (χ3n) is 4.05. The zero-order valence-electron chi connectivity index (χ0n) is 14.2. The van der Waals surface area contributed by atoms with Crippen molar-refractivity contribution in [2.75, 3.05) is 12.4 Å². The Bertz CT molecular complexity index is 783. The third kappa shape index (κ3) is 3.66. The van der Waals surface area contributed by atoms with E-state index >= 15 is 0 Å². The van der Waals surface area contributed by atoms with E-state index in [-0.39, 0.29) is 12.1 Å². The number of hydrogen-bond acceptors (Lipinski definition) is 4. The SMILES string of the molecule is CO[C@H](C)c1cccc(N[C@H](C)c2ncc(-c3ccccc3)o2)c1. The van der Waals surface area contributed by atoms with E-state index < -0.39 is 0 Å². The first-order valence-corrected chi connectivity index (χ1v) is 8.08. The monoisotopic (exact) mass is 322 g/mol. The van der Waals surface area contributed by atoms with E-state index in [1.165, 1.54) is 0 Å². The van der Waals surface area contributed by atoms with Gasteiger partial charge < -0.3 is 14.5 Å². The van der Waals surface area contributed by atoms with E-state index in [4.69, 9.17) is 9.15 Å². The van der Waals surface area contributed by atoms with Crippen LogP contribution in [-0.4, -0.2) is 12.1 Å². The van der Waals surface area contributed by atoms with Crippen LogP contribution in [0, 0.1) is 0 Å². The molecule has 0 saturated heterocycles. The number of nitrogens with one attached hydrogen (secondary N) is 1. The molecule has 0 unspecified atom stereocenters. The van der Waals surface area contributed by atoms with Crippen LogP contribution in [0.15, 0.2) is 65.2 Å². The van der Waals surface area contributed by atoms with Crippen LogP contribution in [0.4, 0.5) is 5.69 Å². The van der Waals surface area contributed by atoms with Gasteiger partial charge in [-0.3, -0.25) is 0 Å². The van der Waals surface area contributed by atoms with Crippen LogP contribution >= 0.6 is 0 Å². The lowest BCUT2D eigenvalue weighted by atomic mass is 10.1. The summed E-state index contributed by atoms with van der Waals surface area (Å²) in [6.45, 7) is 4.07. The van der Waals surface area contributed by atoms with Crippen molar-refractivity contribution in [1.29, 1.82) is 0 Å². The second-order valence-corrected chi connectivity index (χ2v) is 5.80. The highest BCUT2D eigenvalue weighted by Crippen LogP contribution is 2.26. The Morgan fingerprint density at radius 3 is 2.58 bits per heavy atom. The molecule has 24 heavy (non-hydrogen) atoms. The van der Waals surface area contributed by atoms with Crippen molar-refractivity contribution in [3.05, 3.63) is 72.2 Å². The minimum atomic E-state index is -0.0319. The van der Waals surface area contributed by atoms with E-state index in [2.05, 4.69) is 22.4 Å². The quantitative estimate of drug-likeness (QED) is 0.675. The van der Waals surface area contributed by atoms with Gasteiger partial charge in [0.05, 0.1) is 12.3 Å². The molecule has 0 radical (unpaired) electrons. The maximum atomic E-state index is 5.90. The van der Waals surface area contributed by atoms with Crippen LogP contribution in [0.5, 0.6) is 0 Å². The number of methoxy groups -OCH3 is 1. The van der Waals surface area contributed by atoms with Crippen molar-refractivity contribution >= 4 is 5.69 Å². The Balaban J connectivity index is 1.74. The molecule has 0 aliphatic rings. The van der Waals surface area contributed by atoms with Gasteiger partial charge in [0.15, 0.2) is 5.76 Å². The summed E-state index contributed by atoms with van der Waals surface area (Å²) in [4.78, 5) is 4.41. The normalized spacial score (nSPS) is 13.5. The van der Waals surface area contributed by atoms with Gasteiger partial charge in [-0.05, 0) is 31.5 Å². The molecule has 3 aromatic rings. The molecule has 1 heterocycles. The van der Waals surface area contributed by atoms with Gasteiger partial charge >= 0.3 is 0 Å². The molecule has 0 aliphatic carbocycles. The van der Waals surface area contributed by atoms with Crippen LogP contribution < -0.4 is 5.32 Å². The number of oxazole rings is 1. The summed E-state index contributed by atoms with van der Waals surface area (Å²) >= 11 is 0. The summed E-state index contributed by atoms with van der Waals surface area (Å²) in [6.07, 6.45) is 1.83. The summed E-state index contributed by atoms with van der Waals surface area (Å²) < 4.78 is 11.3. The Hall–Kier alpha value is -2.59. The minimum absolute atomic E-state index is 0.0319. The molecule has 0 spiro atoms. The zero-order valence-corrected chi connectivity index (χ0v) is 14.2. The van der Waals surface area contributed by atoms with Crippen molar-refractivity contribution in [3.63, 3.8) is 0 Å². The molecule has 0 amide bonds. The number of hydrogen-bond donors (Lipinski definition) is 1. The molecular weight excluding hydrogens is 300 g/mol. The molecule has 2 aromatic carbocycles. The fraction of sp³-hybridized carbons (Fsp3) is 0.250. The van der Waals surface area contributed by atoms with Crippen molar-refractivity contribution in [2.45, 2.75) is 26.0 Å². The van der Waals surface area contributed by atoms with Crippen LogP contribution in [0.1, 0.15) is 37.4 Å². The summed E-state index contributed by atoms with van der Waals surface area (Å²) in [5, 5.41) is 3.43. The van der Waals surface area contributed by atoms with Gasteiger partial charge in [-0.25, -0.2) is 4.98 Å². The molecule has 0 fully saturated rings. The third-order valence-corrected chi connectivity index (χ3v) is 4.05. The predicted molar refractivity (Wildman–Crippen MR) is 95.8 cm³/mol. The van der Waals surface area contributed by atoms with E-state index in [0.717, 1.165) is 22.6 Å². The topological polar surface area (TPSA) is 47.3 Å². The molecular formula is C20H22N2O2. The van der Waals surface area contributed by atoms with E-state index in [1.54, 1.807) is 13.3 Å². The summed E-state index contributed by atoms with van der Waals surface area (Å²) in [5.41, 5.74) is 3.18. The summed E-state index contributed by atoms with van der Waals surface area (Å²) in [7, 11) is 1.71. The molecule has 2 atom stereocenters. The maximum absolute atomic E-state index is 5.90. The van der Waals surface area contributed by atoms with Gasteiger partial charge in [-0.2, -0.15) is 0 Å². The number of anilines is 1. The first-order chi connectivity index (χ1) is 11.7. The van der Waals surface area contributed by atoms with E-state index in [1.807, 2.05) is 56.3 Å². The Kier molecular flexibility index (Phi) is 4.96. The smallest absolute Gasteiger partial charge is 0.217 e. The average molecular weight is 322 g/mol. The fourth-order valence-corrected chi connectivity index (χ4v) is 2.55. The van der Waals surface area contributed by atoms with Crippen molar-refractivity contribution in [1.82, 2.24) is 4.98 Å². The van der Waals surface area contributed by atoms with Gasteiger partial charge in [0.2, 0.25) is 5.89 Å². The van der Waals surface area contributed by atoms with Crippen molar-refractivity contribution in [2.24, 2.45) is 0 Å². The Labute approximate surface area is 142 Å². The van der Waals surface area contributed by atoms with Gasteiger partial charge in [-0.15, -0.1) is 0 Å². The first-order valence-electron chi connectivity index (χ1n) is 8.08. The number of ether oxygens (including phenoxy) is 1. The Morgan fingerprint density at radius 1 is 1.04 bits per heavy atom. The van der Waals surface area contributed by atoms with Crippen LogP contribution in [0.3, 0.4) is 0 Å². The van der Waals surface area contributed by atoms with Gasteiger partial charge in [-0.1, -0.05) is 42.5 Å². The van der Waals surface area contributed by atoms with Crippen LogP contribution in [0.25, 0.3) is 11.3 Å². The summed E-state index contributed by atoms with van der Waals surface area (Å²) in [5.74, 6) is 1.44. The van der Waals surface area contributed by atoms with Gasteiger partial charge in [0.1, 0.15) is 6.04 Å². The average Bonchev–Trinajstić information content (AvgIpc) is 3.12. The van der Waals surface area contributed by atoms with Crippen LogP contribution in [-0.2, 0) is 4.74 Å².